The number of hydrogen-bond acceptors (Lipinski definition) is 11. The number of hydrogen-bond donors (Lipinski definition) is 2. The van der Waals surface area contributed by atoms with E-state index in [0.717, 1.165) is 4.57 Å². The summed E-state index contributed by atoms with van der Waals surface area (Å²) in [5.74, 6) is 0.684. The van der Waals surface area contributed by atoms with Gasteiger partial charge in [0.2, 0.25) is 5.95 Å². The molecule has 0 saturated carbocycles. The van der Waals surface area contributed by atoms with E-state index in [9.17, 15) is 18.0 Å². The van der Waals surface area contributed by atoms with E-state index in [2.05, 4.69) is 35.0 Å². The minimum absolute atomic E-state index is 0.0461. The third kappa shape index (κ3) is 5.08. The van der Waals surface area contributed by atoms with E-state index in [1.807, 2.05) is 9.80 Å². The lowest BCUT2D eigenvalue weighted by Crippen LogP contribution is -2.45. The number of nitrogens with one attached hydrogen (secondary N) is 1. The topological polar surface area (TPSA) is 149 Å². The van der Waals surface area contributed by atoms with Crippen LogP contribution in [0.25, 0.3) is 22.6 Å². The Hall–Kier alpha value is -3.79. The summed E-state index contributed by atoms with van der Waals surface area (Å²) in [6, 6.07) is -0.274. The SMILES string of the molecule is NC(=O)Oc1ncc(-c2nc(N3CCOCC3)c3nc(N4CCNCC4)n(CC(F)(F)F)c3n2)cn1. The summed E-state index contributed by atoms with van der Waals surface area (Å²) >= 11 is 0. The largest absolute Gasteiger partial charge is 0.412 e. The first-order valence-corrected chi connectivity index (χ1v) is 11.2. The Morgan fingerprint density at radius 1 is 1.06 bits per heavy atom. The number of carbonyl (C=O) groups excluding carboxylic acids is 1. The molecule has 2 saturated heterocycles. The van der Waals surface area contributed by atoms with Crippen molar-refractivity contribution >= 4 is 29.0 Å². The van der Waals surface area contributed by atoms with Gasteiger partial charge in [-0.15, -0.1) is 0 Å². The maximum absolute atomic E-state index is 13.7. The normalized spacial score (nSPS) is 17.0. The Kier molecular flexibility index (Phi) is 6.44. The number of fused-ring (bicyclic) bond motifs is 1. The second-order valence-electron chi connectivity index (χ2n) is 8.17. The lowest BCUT2D eigenvalue weighted by Gasteiger charge is -2.28. The van der Waals surface area contributed by atoms with Crippen molar-refractivity contribution in [3.8, 4) is 17.4 Å². The predicted octanol–water partition coefficient (Wildman–Crippen LogP) is 0.549. The molecule has 0 spiro atoms. The van der Waals surface area contributed by atoms with Gasteiger partial charge in [0.15, 0.2) is 22.8 Å². The molecule has 2 fully saturated rings. The van der Waals surface area contributed by atoms with Crippen LogP contribution in [-0.2, 0) is 11.3 Å². The highest BCUT2D eigenvalue weighted by atomic mass is 19.4. The van der Waals surface area contributed by atoms with Crippen molar-refractivity contribution in [2.45, 2.75) is 12.7 Å². The molecular formula is C20H23F3N10O3. The Morgan fingerprint density at radius 2 is 1.75 bits per heavy atom. The van der Waals surface area contributed by atoms with Gasteiger partial charge >= 0.3 is 18.3 Å². The highest BCUT2D eigenvalue weighted by Gasteiger charge is 2.34. The number of nitrogens with zero attached hydrogens (tertiary/aromatic N) is 8. The molecule has 1 amide bonds. The predicted molar refractivity (Wildman–Crippen MR) is 121 cm³/mol. The number of aromatic nitrogens is 6. The highest BCUT2D eigenvalue weighted by molar-refractivity contribution is 5.88. The van der Waals surface area contributed by atoms with Gasteiger partial charge in [0.25, 0.3) is 0 Å². The highest BCUT2D eigenvalue weighted by Crippen LogP contribution is 2.33. The Labute approximate surface area is 202 Å². The first-order chi connectivity index (χ1) is 17.3. The minimum Gasteiger partial charge on any atom is -0.378 e. The zero-order valence-corrected chi connectivity index (χ0v) is 19.0. The van der Waals surface area contributed by atoms with Crippen LogP contribution in [0.3, 0.4) is 0 Å². The lowest BCUT2D eigenvalue weighted by atomic mass is 10.3. The van der Waals surface area contributed by atoms with Crippen LogP contribution in [-0.4, -0.2) is 94.2 Å². The molecule has 0 radical (unpaired) electrons. The van der Waals surface area contributed by atoms with Crippen molar-refractivity contribution in [2.24, 2.45) is 5.73 Å². The number of halogens is 3. The number of ether oxygens (including phenoxy) is 2. The molecule has 5 heterocycles. The summed E-state index contributed by atoms with van der Waals surface area (Å²) < 4.78 is 52.3. The van der Waals surface area contributed by atoms with Crippen molar-refractivity contribution in [1.82, 2.24) is 34.8 Å². The zero-order valence-electron chi connectivity index (χ0n) is 19.0. The Balaban J connectivity index is 1.67. The second-order valence-corrected chi connectivity index (χ2v) is 8.17. The van der Waals surface area contributed by atoms with Gasteiger partial charge in [-0.2, -0.15) is 13.2 Å². The van der Waals surface area contributed by atoms with E-state index in [4.69, 9.17) is 10.5 Å². The third-order valence-electron chi connectivity index (χ3n) is 5.68. The van der Waals surface area contributed by atoms with Crippen molar-refractivity contribution in [1.29, 1.82) is 0 Å². The van der Waals surface area contributed by atoms with E-state index in [0.29, 0.717) is 63.9 Å². The van der Waals surface area contributed by atoms with Gasteiger partial charge in [-0.05, 0) is 0 Å². The van der Waals surface area contributed by atoms with Crippen LogP contribution in [0.1, 0.15) is 0 Å². The fourth-order valence-electron chi connectivity index (χ4n) is 4.10. The van der Waals surface area contributed by atoms with Gasteiger partial charge in [-0.1, -0.05) is 0 Å². The molecule has 0 atom stereocenters. The number of carbonyl (C=O) groups is 1. The van der Waals surface area contributed by atoms with Gasteiger partial charge in [-0.3, -0.25) is 4.57 Å². The molecule has 16 heteroatoms. The smallest absolute Gasteiger partial charge is 0.378 e. The van der Waals surface area contributed by atoms with Crippen molar-refractivity contribution in [3.05, 3.63) is 12.4 Å². The fourth-order valence-corrected chi connectivity index (χ4v) is 4.10. The van der Waals surface area contributed by atoms with Crippen LogP contribution in [0.15, 0.2) is 12.4 Å². The van der Waals surface area contributed by atoms with Crippen LogP contribution in [0.4, 0.5) is 29.7 Å². The number of piperazine rings is 1. The molecule has 3 aromatic heterocycles. The average molecular weight is 508 g/mol. The van der Waals surface area contributed by atoms with Gasteiger partial charge < -0.3 is 30.3 Å². The van der Waals surface area contributed by atoms with Crippen molar-refractivity contribution < 1.29 is 27.4 Å². The Bertz CT molecular complexity index is 1240. The van der Waals surface area contributed by atoms with Crippen LogP contribution in [0.5, 0.6) is 6.01 Å². The average Bonchev–Trinajstić information content (AvgIpc) is 3.21. The minimum atomic E-state index is -4.50. The summed E-state index contributed by atoms with van der Waals surface area (Å²) in [7, 11) is 0. The molecule has 2 aliphatic heterocycles. The second kappa shape index (κ2) is 9.69. The number of alkyl halides is 3. The summed E-state index contributed by atoms with van der Waals surface area (Å²) in [5.41, 5.74) is 5.61. The summed E-state index contributed by atoms with van der Waals surface area (Å²) in [6.45, 7) is 2.86. The quantitative estimate of drug-likeness (QED) is 0.497. The molecule has 0 aromatic carbocycles. The fraction of sp³-hybridized carbons (Fsp3) is 0.500. The van der Waals surface area contributed by atoms with Crippen LogP contribution < -0.4 is 25.6 Å². The first-order valence-electron chi connectivity index (χ1n) is 11.2. The molecule has 36 heavy (non-hydrogen) atoms. The summed E-state index contributed by atoms with van der Waals surface area (Å²) in [5, 5.41) is 3.19. The van der Waals surface area contributed by atoms with Crippen molar-refractivity contribution in [3.63, 3.8) is 0 Å². The van der Waals surface area contributed by atoms with Gasteiger partial charge in [-0.25, -0.2) is 29.7 Å². The Morgan fingerprint density at radius 3 is 2.39 bits per heavy atom. The lowest BCUT2D eigenvalue weighted by molar-refractivity contribution is -0.139. The van der Waals surface area contributed by atoms with E-state index >= 15 is 0 Å². The number of anilines is 2. The van der Waals surface area contributed by atoms with Gasteiger partial charge in [0.1, 0.15) is 6.54 Å². The zero-order chi connectivity index (χ0) is 25.3. The standard InChI is InChI=1S/C20H23F3N10O3/c21-20(22,23)11-33-16-13(28-19(33)32-3-1-25-2-4-32)15(31-5-7-35-8-6-31)29-14(30-16)12-9-26-18(27-10-12)36-17(24)34/h9-10,25H,1-8,11H2,(H2,24,34). The number of amides is 1. The summed E-state index contributed by atoms with van der Waals surface area (Å²) in [4.78, 5) is 36.2. The molecule has 192 valence electrons. The molecule has 2 aliphatic rings. The molecule has 13 nitrogen and oxygen atoms in total. The molecule has 5 rings (SSSR count). The van der Waals surface area contributed by atoms with Gasteiger partial charge in [0, 0.05) is 51.7 Å². The number of primary amides is 1. The van der Waals surface area contributed by atoms with E-state index in [1.165, 1.54) is 12.4 Å². The molecule has 3 N–H and O–H groups in total. The number of nitrogens with two attached hydrogens (primary N) is 1. The monoisotopic (exact) mass is 508 g/mol. The van der Waals surface area contributed by atoms with E-state index in [1.54, 1.807) is 0 Å². The van der Waals surface area contributed by atoms with E-state index in [-0.39, 0.29) is 28.9 Å². The first kappa shape index (κ1) is 23.9. The summed E-state index contributed by atoms with van der Waals surface area (Å²) in [6.07, 6.45) is -2.97. The maximum atomic E-state index is 13.7. The van der Waals surface area contributed by atoms with Crippen LogP contribution >= 0.6 is 0 Å². The molecular weight excluding hydrogens is 485 g/mol. The van der Waals surface area contributed by atoms with E-state index < -0.39 is 18.8 Å². The van der Waals surface area contributed by atoms with Crippen LogP contribution in [0, 0.1) is 0 Å². The number of imidazole rings is 1. The molecule has 3 aromatic rings. The third-order valence-corrected chi connectivity index (χ3v) is 5.68. The molecule has 0 unspecified atom stereocenters. The number of morpholine rings is 1. The number of rotatable bonds is 5. The van der Waals surface area contributed by atoms with Crippen molar-refractivity contribution in [2.75, 3.05) is 62.3 Å². The maximum Gasteiger partial charge on any atom is 0.412 e. The molecule has 0 aliphatic carbocycles. The van der Waals surface area contributed by atoms with Crippen LogP contribution in [0.2, 0.25) is 0 Å². The molecule has 0 bridgehead atoms. The van der Waals surface area contributed by atoms with Gasteiger partial charge in [0.05, 0.1) is 18.8 Å².